The summed E-state index contributed by atoms with van der Waals surface area (Å²) in [6.07, 6.45) is -5.21. The normalized spacial score (nSPS) is 13.1. The predicted octanol–water partition coefficient (Wildman–Crippen LogP) is 3.82. The molecule has 0 spiro atoms. The first kappa shape index (κ1) is 14.7. The first-order valence-electron chi connectivity index (χ1n) is 3.96. The summed E-state index contributed by atoms with van der Waals surface area (Å²) < 4.78 is 36.8. The van der Waals surface area contributed by atoms with Crippen molar-refractivity contribution in [3.8, 4) is 0 Å². The summed E-state index contributed by atoms with van der Waals surface area (Å²) in [7, 11) is 0. The molecule has 0 radical (unpaired) electrons. The Morgan fingerprint density at radius 3 is 2.07 bits per heavy atom. The van der Waals surface area contributed by atoms with Crippen LogP contribution in [-0.2, 0) is 0 Å². The molecule has 1 aromatic rings. The second kappa shape index (κ2) is 5.72. The molecular formula is C9H10BrClF3N. The zero-order valence-corrected chi connectivity index (χ0v) is 9.99. The summed E-state index contributed by atoms with van der Waals surface area (Å²) in [5.41, 5.74) is 5.89. The molecule has 0 aliphatic rings. The lowest BCUT2D eigenvalue weighted by atomic mass is 10.1. The Morgan fingerprint density at radius 2 is 1.67 bits per heavy atom. The van der Waals surface area contributed by atoms with Crippen LogP contribution in [0.15, 0.2) is 28.7 Å². The zero-order chi connectivity index (χ0) is 10.8. The maximum atomic E-state index is 12.0. The first-order chi connectivity index (χ1) is 6.38. The Labute approximate surface area is 100 Å². The Morgan fingerprint density at radius 1 is 1.20 bits per heavy atom. The number of hydrogen-bond acceptors (Lipinski definition) is 1. The van der Waals surface area contributed by atoms with Crippen molar-refractivity contribution in [3.05, 3.63) is 34.3 Å². The highest BCUT2D eigenvalue weighted by Gasteiger charge is 2.30. The van der Waals surface area contributed by atoms with E-state index in [-0.39, 0.29) is 12.4 Å². The molecule has 0 saturated heterocycles. The van der Waals surface area contributed by atoms with Crippen molar-refractivity contribution >= 4 is 28.3 Å². The van der Waals surface area contributed by atoms with E-state index in [1.54, 1.807) is 24.3 Å². The van der Waals surface area contributed by atoms with E-state index in [4.69, 9.17) is 5.73 Å². The molecular weight excluding hydrogens is 294 g/mol. The molecule has 0 saturated carbocycles. The molecule has 6 heteroatoms. The van der Waals surface area contributed by atoms with Crippen molar-refractivity contribution in [1.29, 1.82) is 0 Å². The van der Waals surface area contributed by atoms with E-state index in [0.717, 1.165) is 4.47 Å². The van der Waals surface area contributed by atoms with E-state index in [2.05, 4.69) is 15.9 Å². The summed E-state index contributed by atoms with van der Waals surface area (Å²) in [5.74, 6) is 0. The fraction of sp³-hybridized carbons (Fsp3) is 0.333. The highest BCUT2D eigenvalue weighted by molar-refractivity contribution is 9.10. The fourth-order valence-electron chi connectivity index (χ4n) is 1.08. The highest BCUT2D eigenvalue weighted by Crippen LogP contribution is 2.28. The van der Waals surface area contributed by atoms with Crippen LogP contribution >= 0.6 is 28.3 Å². The van der Waals surface area contributed by atoms with Gasteiger partial charge in [-0.05, 0) is 17.7 Å². The first-order valence-corrected chi connectivity index (χ1v) is 4.75. The molecule has 1 aromatic carbocycles. The Kier molecular flexibility index (Phi) is 5.62. The van der Waals surface area contributed by atoms with Crippen molar-refractivity contribution in [2.45, 2.75) is 18.6 Å². The van der Waals surface area contributed by atoms with Gasteiger partial charge in [0.25, 0.3) is 0 Å². The lowest BCUT2D eigenvalue weighted by Gasteiger charge is -2.14. The molecule has 0 heterocycles. The topological polar surface area (TPSA) is 26.0 Å². The van der Waals surface area contributed by atoms with Gasteiger partial charge in [0.1, 0.15) is 0 Å². The maximum absolute atomic E-state index is 12.0. The lowest BCUT2D eigenvalue weighted by molar-refractivity contribution is -0.138. The average Bonchev–Trinajstić information content (AvgIpc) is 2.02. The molecule has 2 N–H and O–H groups in total. The van der Waals surface area contributed by atoms with E-state index in [0.29, 0.717) is 5.56 Å². The van der Waals surface area contributed by atoms with Gasteiger partial charge in [0.05, 0.1) is 6.42 Å². The van der Waals surface area contributed by atoms with Gasteiger partial charge in [-0.2, -0.15) is 13.2 Å². The van der Waals surface area contributed by atoms with Gasteiger partial charge in [-0.15, -0.1) is 12.4 Å². The Bertz CT molecular complexity index is 299. The SMILES string of the molecule is Cl.N[C@H](CC(F)(F)F)c1ccc(Br)cc1. The summed E-state index contributed by atoms with van der Waals surface area (Å²) in [5, 5.41) is 0. The molecule has 1 atom stereocenters. The van der Waals surface area contributed by atoms with Crippen molar-refractivity contribution in [2.24, 2.45) is 5.73 Å². The largest absolute Gasteiger partial charge is 0.390 e. The van der Waals surface area contributed by atoms with Gasteiger partial charge in [-0.25, -0.2) is 0 Å². The van der Waals surface area contributed by atoms with Gasteiger partial charge < -0.3 is 5.73 Å². The second-order valence-corrected chi connectivity index (χ2v) is 3.89. The third-order valence-electron chi connectivity index (χ3n) is 1.75. The van der Waals surface area contributed by atoms with Crippen LogP contribution in [0.1, 0.15) is 18.0 Å². The van der Waals surface area contributed by atoms with Crippen LogP contribution < -0.4 is 5.73 Å². The molecule has 15 heavy (non-hydrogen) atoms. The molecule has 1 nitrogen and oxygen atoms in total. The van der Waals surface area contributed by atoms with Crippen LogP contribution in [0.4, 0.5) is 13.2 Å². The molecule has 0 aliphatic heterocycles. The summed E-state index contributed by atoms with van der Waals surface area (Å²) in [4.78, 5) is 0. The second-order valence-electron chi connectivity index (χ2n) is 2.98. The molecule has 0 fully saturated rings. The number of nitrogens with two attached hydrogens (primary N) is 1. The third kappa shape index (κ3) is 5.39. The number of rotatable bonds is 2. The van der Waals surface area contributed by atoms with Crippen molar-refractivity contribution in [1.82, 2.24) is 0 Å². The summed E-state index contributed by atoms with van der Waals surface area (Å²) in [6.45, 7) is 0. The number of benzene rings is 1. The van der Waals surface area contributed by atoms with Gasteiger partial charge in [0.15, 0.2) is 0 Å². The van der Waals surface area contributed by atoms with E-state index < -0.39 is 18.6 Å². The fourth-order valence-corrected chi connectivity index (χ4v) is 1.34. The number of halogens is 5. The Hall–Kier alpha value is -0.260. The zero-order valence-electron chi connectivity index (χ0n) is 7.59. The summed E-state index contributed by atoms with van der Waals surface area (Å²) in [6, 6.07) is 5.53. The van der Waals surface area contributed by atoms with Crippen molar-refractivity contribution < 1.29 is 13.2 Å². The van der Waals surface area contributed by atoms with Crippen LogP contribution in [-0.4, -0.2) is 6.18 Å². The van der Waals surface area contributed by atoms with Crippen molar-refractivity contribution in [2.75, 3.05) is 0 Å². The number of alkyl halides is 3. The van der Waals surface area contributed by atoms with Crippen LogP contribution in [0.2, 0.25) is 0 Å². The molecule has 1 rings (SSSR count). The molecule has 86 valence electrons. The van der Waals surface area contributed by atoms with Crippen molar-refractivity contribution in [3.63, 3.8) is 0 Å². The van der Waals surface area contributed by atoms with E-state index in [1.165, 1.54) is 0 Å². The smallest absolute Gasteiger partial charge is 0.324 e. The van der Waals surface area contributed by atoms with Crippen LogP contribution in [0.5, 0.6) is 0 Å². The minimum Gasteiger partial charge on any atom is -0.324 e. The standard InChI is InChI=1S/C9H9BrF3N.ClH/c10-7-3-1-6(2-4-7)8(14)5-9(11,12)13;/h1-4,8H,5,14H2;1H/t8-;/m1./s1. The monoisotopic (exact) mass is 303 g/mol. The molecule has 0 bridgehead atoms. The van der Waals surface area contributed by atoms with E-state index in [9.17, 15) is 13.2 Å². The average molecular weight is 305 g/mol. The Balaban J connectivity index is 0.00000196. The lowest BCUT2D eigenvalue weighted by Crippen LogP contribution is -2.20. The molecule has 0 amide bonds. The van der Waals surface area contributed by atoms with Gasteiger partial charge in [0.2, 0.25) is 0 Å². The van der Waals surface area contributed by atoms with Gasteiger partial charge in [-0.3, -0.25) is 0 Å². The highest BCUT2D eigenvalue weighted by atomic mass is 79.9. The van der Waals surface area contributed by atoms with Gasteiger partial charge in [0, 0.05) is 10.5 Å². The van der Waals surface area contributed by atoms with Gasteiger partial charge >= 0.3 is 6.18 Å². The quantitative estimate of drug-likeness (QED) is 0.883. The molecule has 0 aliphatic carbocycles. The van der Waals surface area contributed by atoms with E-state index in [1.807, 2.05) is 0 Å². The van der Waals surface area contributed by atoms with E-state index >= 15 is 0 Å². The van der Waals surface area contributed by atoms with Crippen LogP contribution in [0.3, 0.4) is 0 Å². The van der Waals surface area contributed by atoms with Gasteiger partial charge in [-0.1, -0.05) is 28.1 Å². The maximum Gasteiger partial charge on any atom is 0.390 e. The minimum atomic E-state index is -4.22. The number of hydrogen-bond donors (Lipinski definition) is 1. The minimum absolute atomic E-state index is 0. The third-order valence-corrected chi connectivity index (χ3v) is 2.28. The molecule has 0 aromatic heterocycles. The molecule has 0 unspecified atom stereocenters. The van der Waals surface area contributed by atoms with Crippen LogP contribution in [0.25, 0.3) is 0 Å². The van der Waals surface area contributed by atoms with Crippen LogP contribution in [0, 0.1) is 0 Å². The predicted molar refractivity (Wildman–Crippen MR) is 59.0 cm³/mol. The summed E-state index contributed by atoms with van der Waals surface area (Å²) >= 11 is 3.19.